The smallest absolute Gasteiger partial charge is 0.311 e. The Morgan fingerprint density at radius 2 is 2.06 bits per heavy atom. The Labute approximate surface area is 98.3 Å². The van der Waals surface area contributed by atoms with E-state index >= 15 is 0 Å². The van der Waals surface area contributed by atoms with Gasteiger partial charge in [0.15, 0.2) is 0 Å². The zero-order valence-corrected chi connectivity index (χ0v) is 9.97. The minimum absolute atomic E-state index is 0.0385. The third-order valence-electron chi connectivity index (χ3n) is 3.64. The van der Waals surface area contributed by atoms with Crippen LogP contribution in [0.2, 0.25) is 0 Å². The lowest BCUT2D eigenvalue weighted by Gasteiger charge is -2.34. The molecule has 2 unspecified atom stereocenters. The first-order valence-electron chi connectivity index (χ1n) is 5.99. The Bertz CT molecular complexity index is 325. The molecule has 2 fully saturated rings. The van der Waals surface area contributed by atoms with Gasteiger partial charge in [-0.3, -0.25) is 10.1 Å². The molecule has 1 heterocycles. The van der Waals surface area contributed by atoms with Crippen LogP contribution in [0.25, 0.3) is 0 Å². The van der Waals surface area contributed by atoms with Gasteiger partial charge in [0.25, 0.3) is 0 Å². The van der Waals surface area contributed by atoms with Crippen molar-refractivity contribution in [2.75, 3.05) is 0 Å². The monoisotopic (exact) mass is 250 g/mol. The number of hydrogen-bond acceptors (Lipinski definition) is 2. The van der Waals surface area contributed by atoms with Crippen molar-refractivity contribution >= 4 is 5.91 Å². The molecule has 1 aliphatic heterocycles. The normalized spacial score (nSPS) is 32.1. The van der Waals surface area contributed by atoms with Crippen molar-refractivity contribution in [1.82, 2.24) is 10.2 Å². The average molecular weight is 250 g/mol. The van der Waals surface area contributed by atoms with Crippen molar-refractivity contribution in [3.05, 3.63) is 0 Å². The van der Waals surface area contributed by atoms with Gasteiger partial charge in [0, 0.05) is 0 Å². The highest BCUT2D eigenvalue weighted by Gasteiger charge is 2.70. The van der Waals surface area contributed by atoms with E-state index in [0.717, 1.165) is 11.3 Å². The molecule has 0 spiro atoms. The first kappa shape index (κ1) is 12.7. The van der Waals surface area contributed by atoms with E-state index in [4.69, 9.17) is 0 Å². The van der Waals surface area contributed by atoms with Gasteiger partial charge in [0.05, 0.1) is 12.2 Å². The maximum Gasteiger partial charge on any atom is 0.411 e. The van der Waals surface area contributed by atoms with E-state index in [9.17, 15) is 18.0 Å². The number of halogens is 3. The number of carbonyl (C=O) groups excluding carboxylic acids is 1. The van der Waals surface area contributed by atoms with Crippen molar-refractivity contribution in [2.45, 2.75) is 63.5 Å². The molecule has 1 N–H and O–H groups in total. The minimum atomic E-state index is -4.32. The van der Waals surface area contributed by atoms with Crippen molar-refractivity contribution in [3.8, 4) is 0 Å². The zero-order valence-electron chi connectivity index (χ0n) is 9.97. The van der Waals surface area contributed by atoms with Crippen LogP contribution in [0.5, 0.6) is 0 Å². The summed E-state index contributed by atoms with van der Waals surface area (Å²) in [5.74, 6) is -0.418. The first-order chi connectivity index (χ1) is 7.83. The maximum absolute atomic E-state index is 13.0. The molecule has 2 aliphatic rings. The van der Waals surface area contributed by atoms with Gasteiger partial charge in [0.1, 0.15) is 5.54 Å². The molecule has 0 bridgehead atoms. The van der Waals surface area contributed by atoms with Crippen LogP contribution in [-0.2, 0) is 4.79 Å². The summed E-state index contributed by atoms with van der Waals surface area (Å²) in [6.45, 7) is 3.53. The summed E-state index contributed by atoms with van der Waals surface area (Å²) in [5, 5.41) is 2.95. The van der Waals surface area contributed by atoms with Crippen LogP contribution >= 0.6 is 0 Å². The molecule has 0 aromatic carbocycles. The molecule has 2 atom stereocenters. The molecule has 3 nitrogen and oxygen atoms in total. The van der Waals surface area contributed by atoms with Crippen molar-refractivity contribution in [2.24, 2.45) is 0 Å². The lowest BCUT2D eigenvalue weighted by atomic mass is 10.1. The van der Waals surface area contributed by atoms with Crippen LogP contribution in [0.15, 0.2) is 0 Å². The largest absolute Gasteiger partial charge is 0.411 e. The number of rotatable bonds is 3. The molecule has 0 aromatic heterocycles. The Morgan fingerprint density at radius 3 is 2.47 bits per heavy atom. The molecule has 17 heavy (non-hydrogen) atoms. The highest BCUT2D eigenvalue weighted by molar-refractivity contribution is 5.85. The molecule has 1 aliphatic carbocycles. The Hall–Kier alpha value is -0.780. The van der Waals surface area contributed by atoms with Crippen molar-refractivity contribution in [1.29, 1.82) is 0 Å². The summed E-state index contributed by atoms with van der Waals surface area (Å²) < 4.78 is 39.1. The molecule has 1 saturated carbocycles. The van der Waals surface area contributed by atoms with E-state index in [1.807, 2.05) is 6.92 Å². The fourth-order valence-electron chi connectivity index (χ4n) is 2.57. The summed E-state index contributed by atoms with van der Waals surface area (Å²) in [6, 6.07) is -0.508. The van der Waals surface area contributed by atoms with Crippen molar-refractivity contribution < 1.29 is 18.0 Å². The Balaban J connectivity index is 2.26. The van der Waals surface area contributed by atoms with Gasteiger partial charge in [-0.25, -0.2) is 0 Å². The quantitative estimate of drug-likeness (QED) is 0.831. The summed E-state index contributed by atoms with van der Waals surface area (Å²) in [7, 11) is 0. The summed E-state index contributed by atoms with van der Waals surface area (Å²) >= 11 is 0. The lowest BCUT2D eigenvalue weighted by molar-refractivity contribution is -0.202. The van der Waals surface area contributed by atoms with Crippen molar-refractivity contribution in [3.63, 3.8) is 0 Å². The van der Waals surface area contributed by atoms with E-state index in [2.05, 4.69) is 5.32 Å². The molecule has 1 amide bonds. The van der Waals surface area contributed by atoms with Gasteiger partial charge in [-0.15, -0.1) is 0 Å². The van der Waals surface area contributed by atoms with Crippen LogP contribution in [0.4, 0.5) is 13.2 Å². The van der Waals surface area contributed by atoms with Crippen LogP contribution in [-0.4, -0.2) is 34.7 Å². The molecular weight excluding hydrogens is 233 g/mol. The van der Waals surface area contributed by atoms with Crippen LogP contribution in [0, 0.1) is 0 Å². The summed E-state index contributed by atoms with van der Waals surface area (Å²) in [6.07, 6.45) is -3.39. The van der Waals surface area contributed by atoms with Gasteiger partial charge < -0.3 is 4.90 Å². The van der Waals surface area contributed by atoms with Crippen LogP contribution in [0.1, 0.15) is 39.5 Å². The highest BCUT2D eigenvalue weighted by atomic mass is 19.4. The second-order valence-corrected chi connectivity index (χ2v) is 4.93. The molecule has 1 saturated heterocycles. The fourth-order valence-corrected chi connectivity index (χ4v) is 2.57. The van der Waals surface area contributed by atoms with Crippen LogP contribution in [0.3, 0.4) is 0 Å². The average Bonchev–Trinajstić information content (AvgIpc) is 2.94. The molecule has 0 radical (unpaired) electrons. The van der Waals surface area contributed by atoms with E-state index < -0.39 is 29.8 Å². The third kappa shape index (κ3) is 1.82. The predicted octanol–water partition coefficient (Wildman–Crippen LogP) is 2.03. The lowest BCUT2D eigenvalue weighted by Crippen LogP contribution is -2.53. The number of hydrogen-bond donors (Lipinski definition) is 1. The Kier molecular flexibility index (Phi) is 2.88. The summed E-state index contributed by atoms with van der Waals surface area (Å²) in [5.41, 5.74) is -1.89. The topological polar surface area (TPSA) is 32.3 Å². The van der Waals surface area contributed by atoms with Crippen LogP contribution < -0.4 is 5.32 Å². The van der Waals surface area contributed by atoms with Gasteiger partial charge in [-0.1, -0.05) is 13.3 Å². The number of nitrogens with one attached hydrogen (secondary N) is 1. The second-order valence-electron chi connectivity index (χ2n) is 4.93. The molecular formula is C11H17F3N2O. The zero-order chi connectivity index (χ0) is 12.8. The summed E-state index contributed by atoms with van der Waals surface area (Å²) in [4.78, 5) is 12.9. The number of nitrogens with zero attached hydrogens (tertiary/aromatic N) is 1. The van der Waals surface area contributed by atoms with Gasteiger partial charge in [-0.05, 0) is 26.2 Å². The minimum Gasteiger partial charge on any atom is -0.311 e. The standard InChI is InChI=1S/C11H17F3N2O/c1-3-4-8-15-7(2)9(17)16(8)10(5-6-10)11(12,13)14/h7-8,15H,3-6H2,1-2H3. The number of carbonyl (C=O) groups is 1. The third-order valence-corrected chi connectivity index (χ3v) is 3.64. The number of alkyl halides is 3. The van der Waals surface area contributed by atoms with Gasteiger partial charge >= 0.3 is 6.18 Å². The van der Waals surface area contributed by atoms with E-state index in [1.165, 1.54) is 0 Å². The molecule has 6 heteroatoms. The molecule has 2 rings (SSSR count). The second kappa shape index (κ2) is 3.86. The van der Waals surface area contributed by atoms with E-state index in [-0.39, 0.29) is 12.8 Å². The molecule has 98 valence electrons. The highest BCUT2D eigenvalue weighted by Crippen LogP contribution is 2.55. The number of amides is 1. The van der Waals surface area contributed by atoms with E-state index in [1.54, 1.807) is 6.92 Å². The van der Waals surface area contributed by atoms with Gasteiger partial charge in [0.2, 0.25) is 5.91 Å². The fraction of sp³-hybridized carbons (Fsp3) is 0.909. The Morgan fingerprint density at radius 1 is 1.47 bits per heavy atom. The maximum atomic E-state index is 13.0. The molecule has 0 aromatic rings. The first-order valence-corrected chi connectivity index (χ1v) is 5.99. The SMILES string of the molecule is CCCC1NC(C)C(=O)N1C1(C(F)(F)F)CC1. The van der Waals surface area contributed by atoms with Gasteiger partial charge in [-0.2, -0.15) is 13.2 Å². The predicted molar refractivity (Wildman–Crippen MR) is 56.2 cm³/mol. The van der Waals surface area contributed by atoms with E-state index in [0.29, 0.717) is 6.42 Å².